The lowest BCUT2D eigenvalue weighted by Gasteiger charge is -2.49. The highest BCUT2D eigenvalue weighted by molar-refractivity contribution is 6.23. The lowest BCUT2D eigenvalue weighted by atomic mass is 9.54. The molecule has 40 heavy (non-hydrogen) atoms. The van der Waals surface area contributed by atoms with E-state index in [4.69, 9.17) is 10.5 Å². The lowest BCUT2D eigenvalue weighted by Crippen LogP contribution is -2.57. The zero-order valence-electron chi connectivity index (χ0n) is 22.6. The summed E-state index contributed by atoms with van der Waals surface area (Å²) in [6, 6.07) is 1.38. The molecule has 0 bridgehead atoms. The first-order chi connectivity index (χ1) is 18.7. The standard InChI is InChI=1S/C30H31NO9/c1-11-6-5-7-28(2,3)29(11)10-12-17-19(15(33)9-16(40-4)22(17)29)24(35)21-18(12)23(34)13-8-14(32)20(27(31)38)25(36)30(13,39)26(21)37/h6,9,13,23,33-36,39H,5,7-8,10H2,1-4H3,(H2,31,38)/t13-,23+,29+,30-/m0/s1. The van der Waals surface area contributed by atoms with Crippen LogP contribution in [-0.4, -0.2) is 55.7 Å². The van der Waals surface area contributed by atoms with Crippen molar-refractivity contribution in [3.8, 4) is 17.2 Å². The van der Waals surface area contributed by atoms with Gasteiger partial charge >= 0.3 is 0 Å². The third-order valence-corrected chi connectivity index (χ3v) is 10.1. The first-order valence-corrected chi connectivity index (χ1v) is 13.2. The van der Waals surface area contributed by atoms with Crippen molar-refractivity contribution in [2.45, 2.75) is 63.6 Å². The van der Waals surface area contributed by atoms with Gasteiger partial charge in [0.1, 0.15) is 28.6 Å². The summed E-state index contributed by atoms with van der Waals surface area (Å²) in [6.07, 6.45) is 1.73. The number of methoxy groups -OCH3 is 1. The van der Waals surface area contributed by atoms with Crippen molar-refractivity contribution in [2.24, 2.45) is 17.1 Å². The van der Waals surface area contributed by atoms with Gasteiger partial charge in [-0.25, -0.2) is 0 Å². The number of ketones is 2. The molecule has 10 heteroatoms. The minimum atomic E-state index is -2.90. The molecule has 0 fully saturated rings. The van der Waals surface area contributed by atoms with Gasteiger partial charge in [-0.05, 0) is 42.7 Å². The number of benzene rings is 2. The van der Waals surface area contributed by atoms with Crippen LogP contribution >= 0.6 is 0 Å². The van der Waals surface area contributed by atoms with E-state index in [2.05, 4.69) is 19.9 Å². The number of hydrogen-bond acceptors (Lipinski definition) is 9. The second-order valence-corrected chi connectivity index (χ2v) is 12.1. The normalized spacial score (nSPS) is 30.4. The maximum Gasteiger partial charge on any atom is 0.255 e. The number of fused-ring (bicyclic) bond motifs is 4. The topological polar surface area (TPSA) is 188 Å². The van der Waals surface area contributed by atoms with Gasteiger partial charge in [0.15, 0.2) is 11.4 Å². The molecule has 0 radical (unpaired) electrons. The molecule has 0 saturated carbocycles. The first kappa shape index (κ1) is 26.3. The summed E-state index contributed by atoms with van der Waals surface area (Å²) < 4.78 is 5.76. The van der Waals surface area contributed by atoms with E-state index in [1.54, 1.807) is 0 Å². The smallest absolute Gasteiger partial charge is 0.255 e. The van der Waals surface area contributed by atoms with Crippen LogP contribution in [0.1, 0.15) is 73.2 Å². The molecule has 210 valence electrons. The Balaban J connectivity index is 1.77. The van der Waals surface area contributed by atoms with Gasteiger partial charge in [0.2, 0.25) is 5.78 Å². The number of aliphatic hydroxyl groups excluding tert-OH is 2. The Morgan fingerprint density at radius 2 is 1.82 bits per heavy atom. The van der Waals surface area contributed by atoms with Crippen molar-refractivity contribution >= 4 is 28.2 Å². The quantitative estimate of drug-likeness (QED) is 0.242. The fourth-order valence-electron chi connectivity index (χ4n) is 8.10. The Morgan fingerprint density at radius 1 is 1.15 bits per heavy atom. The number of hydrogen-bond donors (Lipinski definition) is 6. The van der Waals surface area contributed by atoms with Crippen LogP contribution in [0.2, 0.25) is 0 Å². The molecule has 10 nitrogen and oxygen atoms in total. The van der Waals surface area contributed by atoms with Crippen molar-refractivity contribution in [3.63, 3.8) is 0 Å². The summed E-state index contributed by atoms with van der Waals surface area (Å²) in [5, 5.41) is 57.3. The van der Waals surface area contributed by atoms with E-state index in [1.807, 2.05) is 6.92 Å². The van der Waals surface area contributed by atoms with E-state index in [-0.39, 0.29) is 28.5 Å². The van der Waals surface area contributed by atoms with Crippen molar-refractivity contribution < 1.29 is 44.7 Å². The van der Waals surface area contributed by atoms with Crippen LogP contribution < -0.4 is 10.5 Å². The Hall–Kier alpha value is -3.89. The van der Waals surface area contributed by atoms with Gasteiger partial charge < -0.3 is 36.0 Å². The number of phenolic OH excluding ortho intramolecular Hbond substituents is 2. The third-order valence-electron chi connectivity index (χ3n) is 10.1. The Kier molecular flexibility index (Phi) is 5.17. The van der Waals surface area contributed by atoms with Gasteiger partial charge in [-0.1, -0.05) is 25.5 Å². The van der Waals surface area contributed by atoms with Gasteiger partial charge in [0, 0.05) is 34.8 Å². The van der Waals surface area contributed by atoms with Crippen LogP contribution in [0.15, 0.2) is 29.0 Å². The molecule has 0 aromatic heterocycles. The van der Waals surface area contributed by atoms with Gasteiger partial charge in [-0.3, -0.25) is 14.4 Å². The van der Waals surface area contributed by atoms with Crippen LogP contribution in [-0.2, 0) is 21.4 Å². The Morgan fingerprint density at radius 3 is 2.42 bits per heavy atom. The number of nitrogens with two attached hydrogens (primary N) is 1. The summed E-state index contributed by atoms with van der Waals surface area (Å²) in [4.78, 5) is 38.8. The number of phenols is 2. The molecular formula is C30H31NO9. The van der Waals surface area contributed by atoms with Crippen molar-refractivity contribution in [1.82, 2.24) is 0 Å². The zero-order chi connectivity index (χ0) is 29.3. The van der Waals surface area contributed by atoms with Gasteiger partial charge in [-0.15, -0.1) is 0 Å². The Labute approximate surface area is 229 Å². The van der Waals surface area contributed by atoms with Gasteiger partial charge in [-0.2, -0.15) is 0 Å². The molecule has 2 aromatic rings. The highest BCUT2D eigenvalue weighted by Crippen LogP contribution is 2.66. The zero-order valence-corrected chi connectivity index (χ0v) is 22.6. The van der Waals surface area contributed by atoms with Crippen LogP contribution in [0.3, 0.4) is 0 Å². The number of ether oxygens (including phenoxy) is 1. The summed E-state index contributed by atoms with van der Waals surface area (Å²) in [7, 11) is 1.48. The molecule has 1 amide bonds. The summed E-state index contributed by atoms with van der Waals surface area (Å²) in [5.74, 6) is -6.94. The Bertz CT molecular complexity index is 1670. The number of rotatable bonds is 2. The monoisotopic (exact) mass is 549 g/mol. The van der Waals surface area contributed by atoms with Crippen molar-refractivity contribution in [1.29, 1.82) is 0 Å². The van der Waals surface area contributed by atoms with Crippen LogP contribution in [0.4, 0.5) is 0 Å². The minimum absolute atomic E-state index is 0.0211. The SMILES string of the molecule is COc1cc(O)c2c(O)c3c(c4c2c1[C@@]1(C4)C(C)=CCCC1(C)C)[C@H](O)[C@@H]1CC(=O)C(C(N)=O)=C(O)[C@]1(O)C3=O. The molecule has 4 atom stereocenters. The molecule has 2 aromatic carbocycles. The predicted molar refractivity (Wildman–Crippen MR) is 142 cm³/mol. The number of primary amides is 1. The summed E-state index contributed by atoms with van der Waals surface area (Å²) >= 11 is 0. The molecule has 0 unspecified atom stereocenters. The number of Topliss-reactive ketones (excluding diaryl/α,β-unsaturated/α-hetero) is 2. The molecular weight excluding hydrogens is 518 g/mol. The van der Waals surface area contributed by atoms with Crippen molar-refractivity contribution in [2.75, 3.05) is 7.11 Å². The first-order valence-electron chi connectivity index (χ1n) is 13.2. The number of aliphatic hydroxyl groups is 3. The average Bonchev–Trinajstić information content (AvgIpc) is 3.23. The average molecular weight is 550 g/mol. The van der Waals surface area contributed by atoms with Crippen LogP contribution in [0.5, 0.6) is 17.2 Å². The maximum absolute atomic E-state index is 14.1. The number of amides is 1. The van der Waals surface area contributed by atoms with Gasteiger partial charge in [0.25, 0.3) is 5.91 Å². The van der Waals surface area contributed by atoms with Crippen LogP contribution in [0, 0.1) is 11.3 Å². The lowest BCUT2D eigenvalue weighted by molar-refractivity contribution is -0.129. The largest absolute Gasteiger partial charge is 0.508 e. The van der Waals surface area contributed by atoms with E-state index in [9.17, 15) is 39.9 Å². The second kappa shape index (κ2) is 7.86. The van der Waals surface area contributed by atoms with E-state index in [0.29, 0.717) is 22.3 Å². The number of allylic oxidation sites excluding steroid dienone is 2. The highest BCUT2D eigenvalue weighted by atomic mass is 16.5. The summed E-state index contributed by atoms with van der Waals surface area (Å²) in [6.45, 7) is 6.24. The molecule has 0 saturated heterocycles. The fourth-order valence-corrected chi connectivity index (χ4v) is 8.10. The minimum Gasteiger partial charge on any atom is -0.508 e. The van der Waals surface area contributed by atoms with E-state index < -0.39 is 69.6 Å². The predicted octanol–water partition coefficient (Wildman–Crippen LogP) is 2.67. The summed E-state index contributed by atoms with van der Waals surface area (Å²) in [5.41, 5.74) is 2.16. The van der Waals surface area contributed by atoms with Crippen LogP contribution in [0.25, 0.3) is 10.8 Å². The highest BCUT2D eigenvalue weighted by Gasteiger charge is 2.63. The maximum atomic E-state index is 14.1. The molecule has 6 rings (SSSR count). The molecule has 0 aliphatic heterocycles. The van der Waals surface area contributed by atoms with E-state index in [1.165, 1.54) is 13.2 Å². The second-order valence-electron chi connectivity index (χ2n) is 12.1. The molecule has 1 spiro atoms. The third kappa shape index (κ3) is 2.73. The molecule has 7 N–H and O–H groups in total. The van der Waals surface area contributed by atoms with Crippen molar-refractivity contribution in [3.05, 3.63) is 51.3 Å². The van der Waals surface area contributed by atoms with Gasteiger partial charge in [0.05, 0.1) is 24.2 Å². The number of aromatic hydroxyl groups is 2. The van der Waals surface area contributed by atoms with E-state index >= 15 is 0 Å². The molecule has 4 aliphatic rings. The number of carbonyl (C=O) groups is 3. The fraction of sp³-hybridized carbons (Fsp3) is 0.433. The molecule has 0 heterocycles. The van der Waals surface area contributed by atoms with E-state index in [0.717, 1.165) is 18.4 Å². The molecule has 4 aliphatic carbocycles. The number of carbonyl (C=O) groups excluding carboxylic acids is 3.